The predicted octanol–water partition coefficient (Wildman–Crippen LogP) is 3.12. The number of nitrogens with zero attached hydrogens (tertiary/aromatic N) is 2. The van der Waals surface area contributed by atoms with Crippen molar-refractivity contribution in [3.63, 3.8) is 0 Å². The van der Waals surface area contributed by atoms with Crippen LogP contribution in [0.25, 0.3) is 11.0 Å². The van der Waals surface area contributed by atoms with Gasteiger partial charge >= 0.3 is 0 Å². The Morgan fingerprint density at radius 3 is 2.78 bits per heavy atom. The van der Waals surface area contributed by atoms with Crippen LogP contribution in [0.5, 0.6) is 0 Å². The van der Waals surface area contributed by atoms with Gasteiger partial charge in [0.05, 0.1) is 17.8 Å². The molecule has 0 aliphatic carbocycles. The van der Waals surface area contributed by atoms with Gasteiger partial charge in [0.2, 0.25) is 0 Å². The molecule has 0 saturated carbocycles. The molecule has 0 aliphatic heterocycles. The zero-order valence-electron chi connectivity index (χ0n) is 12.9. The second kappa shape index (κ2) is 6.85. The van der Waals surface area contributed by atoms with Crippen LogP contribution in [0, 0.1) is 6.92 Å². The van der Waals surface area contributed by atoms with E-state index in [1.807, 2.05) is 37.3 Å². The average Bonchev–Trinajstić information content (AvgIpc) is 3.04. The van der Waals surface area contributed by atoms with Crippen molar-refractivity contribution in [2.24, 2.45) is 0 Å². The fraction of sp³-hybridized carbons (Fsp3) is 0.235. The van der Waals surface area contributed by atoms with Crippen LogP contribution in [0.4, 0.5) is 0 Å². The minimum absolute atomic E-state index is 0.143. The number of rotatable bonds is 5. The topological polar surface area (TPSA) is 64.1 Å². The second-order valence-corrected chi connectivity index (χ2v) is 5.79. The number of nitrogens with one attached hydrogen (secondary N) is 1. The van der Waals surface area contributed by atoms with E-state index in [9.17, 15) is 4.79 Å². The number of fused-ring (bicyclic) bond motifs is 1. The average molecular weight is 327 g/mol. The minimum Gasteiger partial charge on any atom is -0.375 e. The molecule has 0 unspecified atom stereocenters. The van der Waals surface area contributed by atoms with Gasteiger partial charge in [-0.1, -0.05) is 24.3 Å². The van der Waals surface area contributed by atoms with Gasteiger partial charge in [0, 0.05) is 19.2 Å². The zero-order chi connectivity index (χ0) is 16.2. The molecule has 1 atom stereocenters. The number of methoxy groups -OCH3 is 1. The number of carbonyl (C=O) groups excluding carboxylic acids is 1. The first-order chi connectivity index (χ1) is 11.2. The van der Waals surface area contributed by atoms with Crippen molar-refractivity contribution in [1.82, 2.24) is 14.1 Å². The lowest BCUT2D eigenvalue weighted by Gasteiger charge is -2.18. The third-order valence-corrected chi connectivity index (χ3v) is 4.34. The lowest BCUT2D eigenvalue weighted by atomic mass is 10.0. The van der Waals surface area contributed by atoms with E-state index in [2.05, 4.69) is 14.1 Å². The molecule has 0 saturated heterocycles. The van der Waals surface area contributed by atoms with Crippen molar-refractivity contribution in [2.75, 3.05) is 13.7 Å². The van der Waals surface area contributed by atoms with Crippen LogP contribution in [-0.4, -0.2) is 28.3 Å². The Morgan fingerprint density at radius 1 is 1.22 bits per heavy atom. The molecule has 1 heterocycles. The first kappa shape index (κ1) is 15.6. The smallest absolute Gasteiger partial charge is 0.251 e. The highest BCUT2D eigenvalue weighted by molar-refractivity contribution is 7.00. The lowest BCUT2D eigenvalue weighted by Crippen LogP contribution is -2.29. The second-order valence-electron chi connectivity index (χ2n) is 5.26. The molecule has 5 nitrogen and oxygen atoms in total. The first-order valence-corrected chi connectivity index (χ1v) is 8.01. The molecule has 3 rings (SSSR count). The highest BCUT2D eigenvalue weighted by Crippen LogP contribution is 2.20. The summed E-state index contributed by atoms with van der Waals surface area (Å²) in [4.78, 5) is 12.3. The van der Waals surface area contributed by atoms with E-state index >= 15 is 0 Å². The van der Waals surface area contributed by atoms with Crippen LogP contribution in [-0.2, 0) is 4.74 Å². The Balaban J connectivity index is 1.71. The first-order valence-electron chi connectivity index (χ1n) is 7.28. The summed E-state index contributed by atoms with van der Waals surface area (Å²) in [5.74, 6) is -0.143. The number of hydrogen-bond acceptors (Lipinski definition) is 5. The molecule has 0 aliphatic rings. The Labute approximate surface area is 138 Å². The van der Waals surface area contributed by atoms with E-state index < -0.39 is 0 Å². The number of carbonyl (C=O) groups is 1. The molecule has 1 amide bonds. The SMILES string of the molecule is CO[C@@H](CNC(=O)c1ccc2nsnc2c1)c1ccccc1C. The molecule has 3 aromatic rings. The minimum atomic E-state index is -0.176. The van der Waals surface area contributed by atoms with Crippen LogP contribution in [0.3, 0.4) is 0 Å². The monoisotopic (exact) mass is 327 g/mol. The molecule has 0 fully saturated rings. The van der Waals surface area contributed by atoms with Crippen LogP contribution in [0.2, 0.25) is 0 Å². The number of aromatic nitrogens is 2. The zero-order valence-corrected chi connectivity index (χ0v) is 13.8. The van der Waals surface area contributed by atoms with Gasteiger partial charge in [0.1, 0.15) is 11.0 Å². The van der Waals surface area contributed by atoms with E-state index in [-0.39, 0.29) is 12.0 Å². The summed E-state index contributed by atoms with van der Waals surface area (Å²) in [6.07, 6.45) is -0.176. The van der Waals surface area contributed by atoms with Crippen LogP contribution < -0.4 is 5.32 Å². The molecule has 118 valence electrons. The van der Waals surface area contributed by atoms with Crippen molar-refractivity contribution in [1.29, 1.82) is 0 Å². The quantitative estimate of drug-likeness (QED) is 0.782. The molecule has 0 radical (unpaired) electrons. The van der Waals surface area contributed by atoms with Gasteiger partial charge in [-0.15, -0.1) is 0 Å². The van der Waals surface area contributed by atoms with Gasteiger partial charge in [-0.3, -0.25) is 4.79 Å². The van der Waals surface area contributed by atoms with Crippen molar-refractivity contribution in [3.05, 3.63) is 59.2 Å². The normalized spacial score (nSPS) is 12.3. The summed E-state index contributed by atoms with van der Waals surface area (Å²) >= 11 is 1.14. The largest absolute Gasteiger partial charge is 0.375 e. The lowest BCUT2D eigenvalue weighted by molar-refractivity contribution is 0.0826. The number of amides is 1. The molecule has 0 bridgehead atoms. The Kier molecular flexibility index (Phi) is 4.64. The van der Waals surface area contributed by atoms with Gasteiger partial charge in [-0.2, -0.15) is 8.75 Å². The third kappa shape index (κ3) is 3.38. The molecule has 0 spiro atoms. The van der Waals surface area contributed by atoms with Gasteiger partial charge in [-0.05, 0) is 36.2 Å². The van der Waals surface area contributed by atoms with E-state index in [1.165, 1.54) is 0 Å². The van der Waals surface area contributed by atoms with Gasteiger partial charge in [-0.25, -0.2) is 0 Å². The summed E-state index contributed by atoms with van der Waals surface area (Å²) < 4.78 is 13.8. The molecular weight excluding hydrogens is 310 g/mol. The van der Waals surface area contributed by atoms with Gasteiger partial charge in [0.15, 0.2) is 0 Å². The number of ether oxygens (including phenoxy) is 1. The predicted molar refractivity (Wildman–Crippen MR) is 90.7 cm³/mol. The maximum atomic E-state index is 12.3. The maximum absolute atomic E-state index is 12.3. The summed E-state index contributed by atoms with van der Waals surface area (Å²) in [6.45, 7) is 2.44. The number of benzene rings is 2. The Hall–Kier alpha value is -2.31. The fourth-order valence-corrected chi connectivity index (χ4v) is 3.00. The highest BCUT2D eigenvalue weighted by atomic mass is 32.1. The number of hydrogen-bond donors (Lipinski definition) is 1. The molecule has 1 N–H and O–H groups in total. The fourth-order valence-electron chi connectivity index (χ4n) is 2.48. The van der Waals surface area contributed by atoms with Crippen LogP contribution >= 0.6 is 11.7 Å². The number of aryl methyl sites for hydroxylation is 1. The Morgan fingerprint density at radius 2 is 2.00 bits per heavy atom. The highest BCUT2D eigenvalue weighted by Gasteiger charge is 2.15. The van der Waals surface area contributed by atoms with Crippen LogP contribution in [0.1, 0.15) is 27.6 Å². The summed E-state index contributed by atoms with van der Waals surface area (Å²) in [7, 11) is 1.65. The van der Waals surface area contributed by atoms with Crippen molar-refractivity contribution >= 4 is 28.7 Å². The van der Waals surface area contributed by atoms with Gasteiger partial charge in [0.25, 0.3) is 5.91 Å². The van der Waals surface area contributed by atoms with Crippen molar-refractivity contribution < 1.29 is 9.53 Å². The van der Waals surface area contributed by atoms with E-state index in [0.29, 0.717) is 12.1 Å². The third-order valence-electron chi connectivity index (χ3n) is 3.78. The summed E-state index contributed by atoms with van der Waals surface area (Å²) in [5, 5.41) is 2.92. The molecule has 6 heteroatoms. The Bertz CT molecular complexity index is 831. The summed E-state index contributed by atoms with van der Waals surface area (Å²) in [6, 6.07) is 13.3. The molecule has 2 aromatic carbocycles. The van der Waals surface area contributed by atoms with Crippen molar-refractivity contribution in [2.45, 2.75) is 13.0 Å². The summed E-state index contributed by atoms with van der Waals surface area (Å²) in [5.41, 5.74) is 4.34. The maximum Gasteiger partial charge on any atom is 0.251 e. The van der Waals surface area contributed by atoms with E-state index in [4.69, 9.17) is 4.74 Å². The molecule has 23 heavy (non-hydrogen) atoms. The van der Waals surface area contributed by atoms with Crippen molar-refractivity contribution in [3.8, 4) is 0 Å². The molecular formula is C17H17N3O2S. The van der Waals surface area contributed by atoms with Crippen LogP contribution in [0.15, 0.2) is 42.5 Å². The molecule has 1 aromatic heterocycles. The van der Waals surface area contributed by atoms with E-state index in [0.717, 1.165) is 33.9 Å². The van der Waals surface area contributed by atoms with E-state index in [1.54, 1.807) is 19.2 Å². The van der Waals surface area contributed by atoms with Gasteiger partial charge < -0.3 is 10.1 Å². The standard InChI is InChI=1S/C17H17N3O2S/c1-11-5-3-4-6-13(11)16(22-2)10-18-17(21)12-7-8-14-15(9-12)20-23-19-14/h3-9,16H,10H2,1-2H3,(H,18,21)/t16-/m0/s1.